The maximum atomic E-state index is 5.39. The van der Waals surface area contributed by atoms with Crippen molar-refractivity contribution in [3.63, 3.8) is 0 Å². The topological polar surface area (TPSA) is 26.3 Å². The van der Waals surface area contributed by atoms with Crippen molar-refractivity contribution in [1.29, 1.82) is 0 Å². The molecule has 0 fully saturated rings. The van der Waals surface area contributed by atoms with E-state index >= 15 is 0 Å². The van der Waals surface area contributed by atoms with Crippen LogP contribution in [0.2, 0.25) is 0 Å². The summed E-state index contributed by atoms with van der Waals surface area (Å²) in [5, 5.41) is 0. The zero-order valence-corrected chi connectivity index (χ0v) is 5.79. The minimum absolute atomic E-state index is 0.839. The second-order valence-corrected chi connectivity index (χ2v) is 2.45. The van der Waals surface area contributed by atoms with Crippen molar-refractivity contribution in [1.82, 2.24) is 5.43 Å². The first-order valence-electron chi connectivity index (χ1n) is 3.61. The Morgan fingerprint density at radius 2 is 2.50 bits per heavy atom. The number of hydrogen-bond acceptors (Lipinski definition) is 1. The predicted molar refractivity (Wildman–Crippen MR) is 36.6 cm³/mol. The Balaban J connectivity index is 2.16. The first-order valence-corrected chi connectivity index (χ1v) is 3.61. The summed E-state index contributed by atoms with van der Waals surface area (Å²) in [6, 6.07) is 0. The molecule has 0 aromatic heterocycles. The smallest absolute Gasteiger partial charge is 0.395 e. The lowest BCUT2D eigenvalue weighted by Gasteiger charge is -1.92. The molecule has 0 aliphatic carbocycles. The van der Waals surface area contributed by atoms with Gasteiger partial charge in [-0.25, -0.2) is 0 Å². The number of hydrogen-bond donors (Lipinski definition) is 0. The van der Waals surface area contributed by atoms with Gasteiger partial charge in [-0.3, -0.25) is 0 Å². The maximum Gasteiger partial charge on any atom is 0.395 e. The predicted octanol–water partition coefficient (Wildman–Crippen LogP) is 0.254. The Morgan fingerprint density at radius 1 is 1.50 bits per heavy atom. The molecule has 2 aliphatic heterocycles. The highest BCUT2D eigenvalue weighted by molar-refractivity contribution is 5.83. The standard InChI is InChI=1S/C7H10N2O/c1-2-6-10-7-3-4-8-9(7)5-1/h3-4H,1-2,5-6H2/q+1. The first-order chi connectivity index (χ1) is 4.97. The maximum absolute atomic E-state index is 5.39. The van der Waals surface area contributed by atoms with Crippen LogP contribution in [0.1, 0.15) is 12.8 Å². The van der Waals surface area contributed by atoms with E-state index in [0.29, 0.717) is 0 Å². The highest BCUT2D eigenvalue weighted by atomic mass is 16.5. The van der Waals surface area contributed by atoms with Crippen molar-refractivity contribution in [3.05, 3.63) is 12.3 Å². The third-order valence-electron chi connectivity index (χ3n) is 1.69. The largest absolute Gasteiger partial charge is 0.443 e. The summed E-state index contributed by atoms with van der Waals surface area (Å²) in [4.78, 5) is 0. The van der Waals surface area contributed by atoms with Gasteiger partial charge in [-0.05, 0) is 11.8 Å². The van der Waals surface area contributed by atoms with Crippen molar-refractivity contribution in [2.24, 2.45) is 0 Å². The van der Waals surface area contributed by atoms with Crippen LogP contribution >= 0.6 is 0 Å². The van der Waals surface area contributed by atoms with Crippen LogP contribution in [0, 0.1) is 0 Å². The Bertz CT molecular complexity index is 196. The molecule has 0 amide bonds. The molecule has 0 aromatic rings. The first kappa shape index (κ1) is 5.77. The van der Waals surface area contributed by atoms with E-state index in [2.05, 4.69) is 5.43 Å². The summed E-state index contributed by atoms with van der Waals surface area (Å²) < 4.78 is 7.30. The fraction of sp³-hybridized carbons (Fsp3) is 0.571. The second kappa shape index (κ2) is 2.33. The van der Waals surface area contributed by atoms with Crippen LogP contribution in [0.3, 0.4) is 0 Å². The van der Waals surface area contributed by atoms with Crippen LogP contribution in [0.25, 0.3) is 0 Å². The zero-order valence-electron chi connectivity index (χ0n) is 5.79. The molecular weight excluding hydrogens is 128 g/mol. The van der Waals surface area contributed by atoms with Crippen LogP contribution in [0.15, 0.2) is 12.3 Å². The minimum Gasteiger partial charge on any atom is -0.443 e. The van der Waals surface area contributed by atoms with E-state index in [1.807, 2.05) is 10.8 Å². The normalized spacial score (nSPS) is 23.2. The quantitative estimate of drug-likeness (QED) is 0.441. The molecule has 0 bridgehead atoms. The second-order valence-electron chi connectivity index (χ2n) is 2.45. The lowest BCUT2D eigenvalue weighted by atomic mass is 10.3. The molecule has 1 radical (unpaired) electrons. The SMILES string of the molecule is C1=CC2=[N+](CCCCO2)[N]1. The number of nitrogens with zero attached hydrogens (tertiary/aromatic N) is 2. The third kappa shape index (κ3) is 0.875. The van der Waals surface area contributed by atoms with Crippen LogP contribution in [-0.2, 0) is 4.74 Å². The van der Waals surface area contributed by atoms with Crippen LogP contribution in [0.5, 0.6) is 0 Å². The molecule has 53 valence electrons. The van der Waals surface area contributed by atoms with E-state index in [1.165, 1.54) is 6.42 Å². The van der Waals surface area contributed by atoms with Crippen molar-refractivity contribution in [2.45, 2.75) is 12.8 Å². The van der Waals surface area contributed by atoms with E-state index in [0.717, 1.165) is 25.5 Å². The molecule has 2 aliphatic rings. The Labute approximate surface area is 60.0 Å². The number of rotatable bonds is 0. The van der Waals surface area contributed by atoms with Gasteiger partial charge in [-0.2, -0.15) is 0 Å². The Hall–Kier alpha value is -0.990. The minimum atomic E-state index is 0.839. The Morgan fingerprint density at radius 3 is 3.50 bits per heavy atom. The van der Waals surface area contributed by atoms with E-state index in [-0.39, 0.29) is 0 Å². The van der Waals surface area contributed by atoms with Gasteiger partial charge >= 0.3 is 5.90 Å². The molecule has 0 saturated heterocycles. The fourth-order valence-corrected chi connectivity index (χ4v) is 1.15. The fourth-order valence-electron chi connectivity index (χ4n) is 1.15. The molecule has 0 aromatic carbocycles. The van der Waals surface area contributed by atoms with Gasteiger partial charge in [0.1, 0.15) is 6.20 Å². The van der Waals surface area contributed by atoms with Crippen LogP contribution < -0.4 is 5.43 Å². The molecule has 3 nitrogen and oxygen atoms in total. The number of ether oxygens (including phenoxy) is 1. The lowest BCUT2D eigenvalue weighted by molar-refractivity contribution is -0.582. The van der Waals surface area contributed by atoms with Gasteiger partial charge in [0.05, 0.1) is 12.7 Å². The molecule has 0 unspecified atom stereocenters. The van der Waals surface area contributed by atoms with E-state index in [4.69, 9.17) is 4.74 Å². The molecule has 3 heteroatoms. The van der Waals surface area contributed by atoms with Crippen molar-refractivity contribution in [3.8, 4) is 0 Å². The van der Waals surface area contributed by atoms with E-state index < -0.39 is 0 Å². The Kier molecular flexibility index (Phi) is 1.34. The van der Waals surface area contributed by atoms with E-state index in [9.17, 15) is 0 Å². The van der Waals surface area contributed by atoms with E-state index in [1.54, 1.807) is 6.20 Å². The molecule has 2 rings (SSSR count). The van der Waals surface area contributed by atoms with Crippen molar-refractivity contribution >= 4 is 5.90 Å². The summed E-state index contributed by atoms with van der Waals surface area (Å²) in [6.07, 6.45) is 6.00. The summed E-state index contributed by atoms with van der Waals surface area (Å²) in [5.74, 6) is 0.914. The zero-order chi connectivity index (χ0) is 6.81. The summed E-state index contributed by atoms with van der Waals surface area (Å²) in [6.45, 7) is 1.84. The van der Waals surface area contributed by atoms with Crippen molar-refractivity contribution < 1.29 is 9.42 Å². The van der Waals surface area contributed by atoms with Gasteiger partial charge < -0.3 is 4.74 Å². The molecular formula is C7H10N2O+. The van der Waals surface area contributed by atoms with Gasteiger partial charge in [0.2, 0.25) is 0 Å². The van der Waals surface area contributed by atoms with Crippen molar-refractivity contribution in [2.75, 3.05) is 13.2 Å². The van der Waals surface area contributed by atoms with Crippen LogP contribution in [0.4, 0.5) is 0 Å². The monoisotopic (exact) mass is 138 g/mol. The highest BCUT2D eigenvalue weighted by Crippen LogP contribution is 2.02. The average molecular weight is 138 g/mol. The van der Waals surface area contributed by atoms with Gasteiger partial charge in [0.25, 0.3) is 0 Å². The molecule has 0 atom stereocenters. The molecule has 10 heavy (non-hydrogen) atoms. The van der Waals surface area contributed by atoms with Gasteiger partial charge in [-0.1, -0.05) is 4.68 Å². The molecule has 0 saturated carbocycles. The lowest BCUT2D eigenvalue weighted by Crippen LogP contribution is -2.20. The summed E-state index contributed by atoms with van der Waals surface area (Å²) in [7, 11) is 0. The molecule has 2 heterocycles. The van der Waals surface area contributed by atoms with Gasteiger partial charge in [-0.15, -0.1) is 0 Å². The average Bonchev–Trinajstić information content (AvgIpc) is 2.28. The molecule has 0 N–H and O–H groups in total. The third-order valence-corrected chi connectivity index (χ3v) is 1.69. The summed E-state index contributed by atoms with van der Waals surface area (Å²) >= 11 is 0. The van der Waals surface area contributed by atoms with Gasteiger partial charge in [0.15, 0.2) is 6.54 Å². The highest BCUT2D eigenvalue weighted by Gasteiger charge is 2.22. The van der Waals surface area contributed by atoms with Crippen LogP contribution in [-0.4, -0.2) is 23.7 Å². The summed E-state index contributed by atoms with van der Waals surface area (Å²) in [5.41, 5.74) is 4.11. The molecule has 0 spiro atoms. The van der Waals surface area contributed by atoms with Gasteiger partial charge in [0, 0.05) is 6.42 Å².